The number of amides is 1. The molecule has 25 heavy (non-hydrogen) atoms. The maximum absolute atomic E-state index is 12.7. The van der Waals surface area contributed by atoms with Gasteiger partial charge in [0.2, 0.25) is 5.91 Å². The highest BCUT2D eigenvalue weighted by atomic mass is 16.5. The quantitative estimate of drug-likeness (QED) is 0.847. The minimum absolute atomic E-state index is 0.0304. The second kappa shape index (κ2) is 8.14. The summed E-state index contributed by atoms with van der Waals surface area (Å²) >= 11 is 0. The molecule has 1 aliphatic rings. The maximum atomic E-state index is 12.7. The number of para-hydroxylation sites is 1. The van der Waals surface area contributed by atoms with E-state index in [0.29, 0.717) is 13.0 Å². The fraction of sp³-hybridized carbons (Fsp3) is 0.350. The van der Waals surface area contributed by atoms with Crippen LogP contribution in [0, 0.1) is 0 Å². The summed E-state index contributed by atoms with van der Waals surface area (Å²) in [6, 6.07) is 17.3. The van der Waals surface area contributed by atoms with E-state index in [1.54, 1.807) is 7.11 Å². The van der Waals surface area contributed by atoms with Gasteiger partial charge in [0.05, 0.1) is 19.3 Å². The number of carbonyl (C=O) groups is 1. The average molecular weight is 340 g/mol. The molecule has 1 fully saturated rings. The second-order valence-corrected chi connectivity index (χ2v) is 6.15. The van der Waals surface area contributed by atoms with Crippen LogP contribution in [-0.4, -0.2) is 31.8 Å². The minimum Gasteiger partial charge on any atom is -0.496 e. The van der Waals surface area contributed by atoms with Gasteiger partial charge in [0.25, 0.3) is 0 Å². The lowest BCUT2D eigenvalue weighted by molar-refractivity contribution is -0.132. The third kappa shape index (κ3) is 4.00. The van der Waals surface area contributed by atoms with Crippen LogP contribution in [0.15, 0.2) is 54.6 Å². The van der Waals surface area contributed by atoms with Crippen LogP contribution in [0.5, 0.6) is 5.75 Å². The van der Waals surface area contributed by atoms with E-state index in [4.69, 9.17) is 15.2 Å². The molecule has 2 aromatic carbocycles. The van der Waals surface area contributed by atoms with Crippen molar-refractivity contribution in [1.29, 1.82) is 0 Å². The van der Waals surface area contributed by atoms with Crippen LogP contribution >= 0.6 is 0 Å². The number of carbonyl (C=O) groups excluding carboxylic acids is 1. The van der Waals surface area contributed by atoms with Crippen molar-refractivity contribution >= 4 is 5.91 Å². The Hall–Kier alpha value is -2.37. The van der Waals surface area contributed by atoms with Gasteiger partial charge in [0.1, 0.15) is 11.9 Å². The number of hydrogen-bond donors (Lipinski definition) is 2. The standard InChI is InChI=1S/C20H24N2O3/c1-24-17-10-6-5-9-16(17)19(14-7-3-2-4-8-14)22-20(23)18-12-11-15(13-21)25-18/h2-10,15,18-19H,11-13,21H2,1H3,(H,22,23)/t15-,18+,19?/m1/s1. The molecule has 3 N–H and O–H groups in total. The van der Waals surface area contributed by atoms with Gasteiger partial charge < -0.3 is 20.5 Å². The molecule has 5 nitrogen and oxygen atoms in total. The van der Waals surface area contributed by atoms with Crippen LogP contribution in [0.2, 0.25) is 0 Å². The van der Waals surface area contributed by atoms with E-state index in [1.807, 2.05) is 54.6 Å². The Labute approximate surface area is 148 Å². The van der Waals surface area contributed by atoms with Gasteiger partial charge in [-0.15, -0.1) is 0 Å². The molecule has 3 rings (SSSR count). The molecule has 1 heterocycles. The van der Waals surface area contributed by atoms with Crippen molar-refractivity contribution in [2.75, 3.05) is 13.7 Å². The molecule has 0 bridgehead atoms. The molecule has 1 unspecified atom stereocenters. The molecule has 1 amide bonds. The molecule has 3 atom stereocenters. The summed E-state index contributed by atoms with van der Waals surface area (Å²) in [4.78, 5) is 12.7. The molecule has 5 heteroatoms. The Morgan fingerprint density at radius 1 is 1.20 bits per heavy atom. The molecular formula is C20H24N2O3. The minimum atomic E-state index is -0.450. The van der Waals surface area contributed by atoms with Crippen LogP contribution in [0.25, 0.3) is 0 Å². The van der Waals surface area contributed by atoms with Crippen LogP contribution in [0.4, 0.5) is 0 Å². The van der Waals surface area contributed by atoms with E-state index >= 15 is 0 Å². The molecule has 0 spiro atoms. The Bertz CT molecular complexity index is 705. The van der Waals surface area contributed by atoms with E-state index in [2.05, 4.69) is 5.32 Å². The van der Waals surface area contributed by atoms with Gasteiger partial charge in [-0.25, -0.2) is 0 Å². The lowest BCUT2D eigenvalue weighted by Gasteiger charge is -2.23. The van der Waals surface area contributed by atoms with Crippen molar-refractivity contribution in [1.82, 2.24) is 5.32 Å². The maximum Gasteiger partial charge on any atom is 0.249 e. The normalized spacial score (nSPS) is 20.9. The average Bonchev–Trinajstić information content (AvgIpc) is 3.16. The Morgan fingerprint density at radius 3 is 2.60 bits per heavy atom. The van der Waals surface area contributed by atoms with E-state index in [1.165, 1.54) is 0 Å². The first-order valence-corrected chi connectivity index (χ1v) is 8.56. The lowest BCUT2D eigenvalue weighted by atomic mass is 9.97. The summed E-state index contributed by atoms with van der Waals surface area (Å²) in [5, 5.41) is 3.13. The van der Waals surface area contributed by atoms with Crippen molar-refractivity contribution in [3.63, 3.8) is 0 Å². The topological polar surface area (TPSA) is 73.6 Å². The molecule has 1 saturated heterocycles. The summed E-state index contributed by atoms with van der Waals surface area (Å²) < 4.78 is 11.2. The monoisotopic (exact) mass is 340 g/mol. The first-order chi connectivity index (χ1) is 12.2. The van der Waals surface area contributed by atoms with Crippen LogP contribution < -0.4 is 15.8 Å². The van der Waals surface area contributed by atoms with E-state index in [-0.39, 0.29) is 18.1 Å². The summed E-state index contributed by atoms with van der Waals surface area (Å²) in [7, 11) is 1.63. The zero-order valence-electron chi connectivity index (χ0n) is 14.4. The van der Waals surface area contributed by atoms with Crippen molar-refractivity contribution in [3.05, 3.63) is 65.7 Å². The molecular weight excluding hydrogens is 316 g/mol. The molecule has 2 aromatic rings. The van der Waals surface area contributed by atoms with E-state index in [0.717, 1.165) is 23.3 Å². The molecule has 132 valence electrons. The first-order valence-electron chi connectivity index (χ1n) is 8.56. The predicted molar refractivity (Wildman–Crippen MR) is 96.4 cm³/mol. The molecule has 1 aliphatic heterocycles. The highest BCUT2D eigenvalue weighted by molar-refractivity contribution is 5.82. The van der Waals surface area contributed by atoms with Gasteiger partial charge in [-0.1, -0.05) is 48.5 Å². The summed E-state index contributed by atoms with van der Waals surface area (Å²) in [6.45, 7) is 0.443. The Morgan fingerprint density at radius 2 is 1.92 bits per heavy atom. The van der Waals surface area contributed by atoms with Crippen molar-refractivity contribution in [2.24, 2.45) is 5.73 Å². The van der Waals surface area contributed by atoms with Gasteiger partial charge in [0.15, 0.2) is 0 Å². The summed E-state index contributed by atoms with van der Waals surface area (Å²) in [6.07, 6.45) is 1.03. The molecule has 0 aromatic heterocycles. The van der Waals surface area contributed by atoms with Gasteiger partial charge in [-0.2, -0.15) is 0 Å². The fourth-order valence-electron chi connectivity index (χ4n) is 3.20. The van der Waals surface area contributed by atoms with E-state index < -0.39 is 6.10 Å². The first kappa shape index (κ1) is 17.5. The summed E-state index contributed by atoms with van der Waals surface area (Å²) in [5.74, 6) is 0.625. The van der Waals surface area contributed by atoms with Gasteiger partial charge in [-0.3, -0.25) is 4.79 Å². The van der Waals surface area contributed by atoms with Crippen LogP contribution in [0.1, 0.15) is 30.0 Å². The molecule has 0 saturated carbocycles. The number of rotatable bonds is 6. The second-order valence-electron chi connectivity index (χ2n) is 6.15. The highest BCUT2D eigenvalue weighted by Crippen LogP contribution is 2.30. The van der Waals surface area contributed by atoms with Crippen LogP contribution in [-0.2, 0) is 9.53 Å². The van der Waals surface area contributed by atoms with E-state index in [9.17, 15) is 4.79 Å². The molecule has 0 radical (unpaired) electrons. The number of nitrogens with two attached hydrogens (primary N) is 1. The number of hydrogen-bond acceptors (Lipinski definition) is 4. The number of nitrogens with one attached hydrogen (secondary N) is 1. The van der Waals surface area contributed by atoms with Crippen LogP contribution in [0.3, 0.4) is 0 Å². The van der Waals surface area contributed by atoms with Crippen molar-refractivity contribution in [3.8, 4) is 5.75 Å². The highest BCUT2D eigenvalue weighted by Gasteiger charge is 2.32. The largest absolute Gasteiger partial charge is 0.496 e. The summed E-state index contributed by atoms with van der Waals surface area (Å²) in [5.41, 5.74) is 7.55. The molecule has 0 aliphatic carbocycles. The Balaban J connectivity index is 1.86. The predicted octanol–water partition coefficient (Wildman–Crippen LogP) is 2.41. The zero-order valence-corrected chi connectivity index (χ0v) is 14.4. The number of methoxy groups -OCH3 is 1. The lowest BCUT2D eigenvalue weighted by Crippen LogP contribution is -2.38. The fourth-order valence-corrected chi connectivity index (χ4v) is 3.20. The zero-order chi connectivity index (χ0) is 17.6. The van der Waals surface area contributed by atoms with Crippen molar-refractivity contribution in [2.45, 2.75) is 31.1 Å². The third-order valence-corrected chi connectivity index (χ3v) is 4.53. The van der Waals surface area contributed by atoms with Gasteiger partial charge in [-0.05, 0) is 24.5 Å². The SMILES string of the molecule is COc1ccccc1C(NC(=O)[C@@H]1CC[C@H](CN)O1)c1ccccc1. The van der Waals surface area contributed by atoms with Gasteiger partial charge >= 0.3 is 0 Å². The Kier molecular flexibility index (Phi) is 5.68. The van der Waals surface area contributed by atoms with Crippen molar-refractivity contribution < 1.29 is 14.3 Å². The smallest absolute Gasteiger partial charge is 0.249 e. The number of benzene rings is 2. The van der Waals surface area contributed by atoms with Gasteiger partial charge in [0, 0.05) is 12.1 Å². The third-order valence-electron chi connectivity index (χ3n) is 4.53. The number of ether oxygens (including phenoxy) is 2.